The fraction of sp³-hybridized carbons (Fsp3) is 0.860. The SMILES string of the molecule is CCCCCCCC/C=C\CCCCCCCCCC(=O)OCCCCCCCC/C=C\CCCCCCCCCC(=O)NC(CO)C(O)/C=C/CCCCCCCCCCCC. The van der Waals surface area contributed by atoms with Gasteiger partial charge >= 0.3 is 5.97 Å². The van der Waals surface area contributed by atoms with Gasteiger partial charge in [0.15, 0.2) is 0 Å². The molecule has 0 heterocycles. The van der Waals surface area contributed by atoms with Gasteiger partial charge in [-0.25, -0.2) is 0 Å². The molecule has 0 aliphatic rings. The first-order valence-electron chi connectivity index (χ1n) is 27.8. The molecule has 0 aliphatic carbocycles. The molecule has 2 atom stereocenters. The Morgan fingerprint density at radius 2 is 0.746 bits per heavy atom. The summed E-state index contributed by atoms with van der Waals surface area (Å²) in [6.07, 6.45) is 64.4. The van der Waals surface area contributed by atoms with Gasteiger partial charge in [0.05, 0.1) is 25.4 Å². The summed E-state index contributed by atoms with van der Waals surface area (Å²) in [7, 11) is 0. The third-order valence-electron chi connectivity index (χ3n) is 12.6. The highest BCUT2D eigenvalue weighted by Crippen LogP contribution is 2.15. The van der Waals surface area contributed by atoms with Gasteiger partial charge in [0.25, 0.3) is 0 Å². The van der Waals surface area contributed by atoms with Gasteiger partial charge in [-0.15, -0.1) is 0 Å². The molecule has 0 aromatic rings. The molecule has 0 fully saturated rings. The third-order valence-corrected chi connectivity index (χ3v) is 12.6. The van der Waals surface area contributed by atoms with Gasteiger partial charge in [-0.2, -0.15) is 0 Å². The van der Waals surface area contributed by atoms with Crippen molar-refractivity contribution in [3.05, 3.63) is 36.5 Å². The Hall–Kier alpha value is -1.92. The lowest BCUT2D eigenvalue weighted by molar-refractivity contribution is -0.143. The smallest absolute Gasteiger partial charge is 0.305 e. The summed E-state index contributed by atoms with van der Waals surface area (Å²) in [5.74, 6) is -0.0878. The molecule has 3 N–H and O–H groups in total. The summed E-state index contributed by atoms with van der Waals surface area (Å²) in [6.45, 7) is 4.87. The Morgan fingerprint density at radius 1 is 0.429 bits per heavy atom. The molecular formula is C57H107NO5. The second kappa shape index (κ2) is 52.7. The number of rotatable bonds is 51. The lowest BCUT2D eigenvalue weighted by Crippen LogP contribution is -2.45. The molecule has 0 aromatic heterocycles. The van der Waals surface area contributed by atoms with Crippen LogP contribution in [0.15, 0.2) is 36.5 Å². The highest BCUT2D eigenvalue weighted by Gasteiger charge is 2.18. The molecule has 370 valence electrons. The van der Waals surface area contributed by atoms with E-state index >= 15 is 0 Å². The number of carbonyl (C=O) groups is 2. The number of amides is 1. The third kappa shape index (κ3) is 49.4. The van der Waals surface area contributed by atoms with E-state index < -0.39 is 12.1 Å². The van der Waals surface area contributed by atoms with E-state index in [2.05, 4.69) is 43.5 Å². The number of hydrogen-bond acceptors (Lipinski definition) is 5. The fourth-order valence-corrected chi connectivity index (χ4v) is 8.33. The first-order chi connectivity index (χ1) is 31.0. The Morgan fingerprint density at radius 3 is 1.13 bits per heavy atom. The van der Waals surface area contributed by atoms with Crippen LogP contribution in [0.4, 0.5) is 0 Å². The number of aliphatic hydroxyl groups excluding tert-OH is 2. The Kier molecular flexibility index (Phi) is 51.1. The van der Waals surface area contributed by atoms with Gasteiger partial charge in [-0.3, -0.25) is 9.59 Å². The molecule has 2 unspecified atom stereocenters. The first kappa shape index (κ1) is 61.1. The number of carbonyl (C=O) groups excluding carboxylic acids is 2. The summed E-state index contributed by atoms with van der Waals surface area (Å²) in [6, 6.07) is -0.636. The van der Waals surface area contributed by atoms with Crippen molar-refractivity contribution in [3.63, 3.8) is 0 Å². The number of aliphatic hydroxyl groups is 2. The van der Waals surface area contributed by atoms with Crippen molar-refractivity contribution in [1.29, 1.82) is 0 Å². The summed E-state index contributed by atoms with van der Waals surface area (Å²) < 4.78 is 5.47. The van der Waals surface area contributed by atoms with Crippen molar-refractivity contribution in [2.75, 3.05) is 13.2 Å². The van der Waals surface area contributed by atoms with Crippen molar-refractivity contribution in [2.45, 2.75) is 302 Å². The molecule has 0 spiro atoms. The molecule has 6 heteroatoms. The largest absolute Gasteiger partial charge is 0.466 e. The lowest BCUT2D eigenvalue weighted by atomic mass is 10.1. The van der Waals surface area contributed by atoms with Gasteiger partial charge in [-0.05, 0) is 83.5 Å². The monoisotopic (exact) mass is 886 g/mol. The molecule has 6 nitrogen and oxygen atoms in total. The summed E-state index contributed by atoms with van der Waals surface area (Å²) >= 11 is 0. The van der Waals surface area contributed by atoms with Gasteiger partial charge in [0.1, 0.15) is 0 Å². The zero-order valence-electron chi connectivity index (χ0n) is 42.1. The predicted molar refractivity (Wildman–Crippen MR) is 273 cm³/mol. The standard InChI is InChI=1S/C57H107NO5/c1-3-5-7-9-11-13-15-17-18-20-24-27-31-35-39-43-47-51-57(62)63-52-48-44-40-36-32-28-25-22-19-21-23-26-30-34-38-42-46-50-56(61)58-54(53-59)55(60)49-45-41-37-33-29-16-14-12-10-8-6-4-2/h17-19,22,45,49,54-55,59-60H,3-16,20-21,23-44,46-48,50-53H2,1-2H3,(H,58,61)/b18-17-,22-19-,49-45+. The molecule has 0 saturated heterocycles. The van der Waals surface area contributed by atoms with Crippen LogP contribution in [-0.4, -0.2) is 47.4 Å². The Labute approximate surface area is 392 Å². The van der Waals surface area contributed by atoms with Crippen LogP contribution >= 0.6 is 0 Å². The molecule has 63 heavy (non-hydrogen) atoms. The van der Waals surface area contributed by atoms with Crippen molar-refractivity contribution < 1.29 is 24.5 Å². The van der Waals surface area contributed by atoms with E-state index in [1.54, 1.807) is 6.08 Å². The molecule has 0 rings (SSSR count). The van der Waals surface area contributed by atoms with Gasteiger partial charge in [0.2, 0.25) is 5.91 Å². The molecule has 0 radical (unpaired) electrons. The van der Waals surface area contributed by atoms with Crippen molar-refractivity contribution in [2.24, 2.45) is 0 Å². The van der Waals surface area contributed by atoms with Crippen molar-refractivity contribution in [3.8, 4) is 0 Å². The topological polar surface area (TPSA) is 95.9 Å². The Balaban J connectivity index is 3.46. The molecule has 0 aliphatic heterocycles. The maximum Gasteiger partial charge on any atom is 0.305 e. The van der Waals surface area contributed by atoms with E-state index in [9.17, 15) is 19.8 Å². The average molecular weight is 886 g/mol. The number of allylic oxidation sites excluding steroid dienone is 5. The quantitative estimate of drug-likeness (QED) is 0.0321. The zero-order valence-corrected chi connectivity index (χ0v) is 42.1. The van der Waals surface area contributed by atoms with Crippen LogP contribution in [0.3, 0.4) is 0 Å². The molecular weight excluding hydrogens is 779 g/mol. The average Bonchev–Trinajstić information content (AvgIpc) is 3.28. The van der Waals surface area contributed by atoms with Crippen molar-refractivity contribution in [1.82, 2.24) is 5.32 Å². The highest BCUT2D eigenvalue weighted by molar-refractivity contribution is 5.76. The van der Waals surface area contributed by atoms with Gasteiger partial charge in [0, 0.05) is 12.8 Å². The predicted octanol–water partition coefficient (Wildman–Crippen LogP) is 16.9. The van der Waals surface area contributed by atoms with Crippen LogP contribution < -0.4 is 5.32 Å². The highest BCUT2D eigenvalue weighted by atomic mass is 16.5. The summed E-state index contributed by atoms with van der Waals surface area (Å²) in [5, 5.41) is 23.0. The maximum atomic E-state index is 12.4. The van der Waals surface area contributed by atoms with E-state index in [4.69, 9.17) is 4.74 Å². The number of esters is 1. The van der Waals surface area contributed by atoms with E-state index in [-0.39, 0.29) is 18.5 Å². The first-order valence-corrected chi connectivity index (χ1v) is 27.8. The van der Waals surface area contributed by atoms with E-state index in [1.807, 2.05) is 6.08 Å². The fourth-order valence-electron chi connectivity index (χ4n) is 8.33. The van der Waals surface area contributed by atoms with E-state index in [0.717, 1.165) is 57.8 Å². The molecule has 1 amide bonds. The number of ether oxygens (including phenoxy) is 1. The second-order valence-electron chi connectivity index (χ2n) is 18.9. The molecule has 0 saturated carbocycles. The minimum absolute atomic E-state index is 0.00656. The van der Waals surface area contributed by atoms with Crippen LogP contribution in [0.5, 0.6) is 0 Å². The van der Waals surface area contributed by atoms with E-state index in [0.29, 0.717) is 19.4 Å². The van der Waals surface area contributed by atoms with Gasteiger partial charge in [-0.1, -0.05) is 230 Å². The molecule has 0 aromatic carbocycles. The van der Waals surface area contributed by atoms with E-state index in [1.165, 1.54) is 205 Å². The van der Waals surface area contributed by atoms with Crippen LogP contribution in [0.25, 0.3) is 0 Å². The lowest BCUT2D eigenvalue weighted by Gasteiger charge is -2.20. The minimum atomic E-state index is -0.851. The second-order valence-corrected chi connectivity index (χ2v) is 18.9. The summed E-state index contributed by atoms with van der Waals surface area (Å²) in [4.78, 5) is 24.5. The van der Waals surface area contributed by atoms with Crippen LogP contribution in [-0.2, 0) is 14.3 Å². The number of hydrogen-bond donors (Lipinski definition) is 3. The Bertz CT molecular complexity index is 1020. The van der Waals surface area contributed by atoms with Crippen LogP contribution in [0.1, 0.15) is 290 Å². The normalized spacial score (nSPS) is 12.9. The number of unbranched alkanes of at least 4 members (excludes halogenated alkanes) is 36. The van der Waals surface area contributed by atoms with Crippen molar-refractivity contribution >= 4 is 11.9 Å². The van der Waals surface area contributed by atoms with Crippen LogP contribution in [0, 0.1) is 0 Å². The van der Waals surface area contributed by atoms with Crippen LogP contribution in [0.2, 0.25) is 0 Å². The minimum Gasteiger partial charge on any atom is -0.466 e. The van der Waals surface area contributed by atoms with Gasteiger partial charge < -0.3 is 20.3 Å². The summed E-state index contributed by atoms with van der Waals surface area (Å²) in [5.41, 5.74) is 0. The maximum absolute atomic E-state index is 12.4. The molecule has 0 bridgehead atoms. The zero-order chi connectivity index (χ0) is 45.8. The number of nitrogens with one attached hydrogen (secondary N) is 1.